The van der Waals surface area contributed by atoms with E-state index in [9.17, 15) is 13.2 Å². The molecule has 0 spiro atoms. The summed E-state index contributed by atoms with van der Waals surface area (Å²) >= 11 is 0. The molecule has 96 valence electrons. The van der Waals surface area contributed by atoms with Crippen molar-refractivity contribution in [2.45, 2.75) is 26.7 Å². The molecule has 16 heavy (non-hydrogen) atoms. The third kappa shape index (κ3) is 7.61. The molecule has 0 fully saturated rings. The smallest absolute Gasteiger partial charge is 0.303 e. The van der Waals surface area contributed by atoms with Gasteiger partial charge in [-0.3, -0.25) is 4.79 Å². The van der Waals surface area contributed by atoms with E-state index in [-0.39, 0.29) is 18.9 Å². The van der Waals surface area contributed by atoms with Gasteiger partial charge in [-0.15, -0.1) is 0 Å². The maximum atomic E-state index is 11.1. The molecule has 0 saturated carbocycles. The zero-order chi connectivity index (χ0) is 12.8. The van der Waals surface area contributed by atoms with E-state index in [0.717, 1.165) is 0 Å². The van der Waals surface area contributed by atoms with E-state index in [0.29, 0.717) is 12.3 Å². The van der Waals surface area contributed by atoms with Crippen molar-refractivity contribution in [1.82, 2.24) is 9.44 Å². The van der Waals surface area contributed by atoms with Crippen LogP contribution in [0.2, 0.25) is 0 Å². The van der Waals surface area contributed by atoms with E-state index in [2.05, 4.69) is 9.44 Å². The summed E-state index contributed by atoms with van der Waals surface area (Å²) in [6, 6.07) is 0. The molecule has 0 aromatic carbocycles. The second-order valence-electron chi connectivity index (χ2n) is 4.15. The third-order valence-electron chi connectivity index (χ3n) is 2.10. The predicted molar refractivity (Wildman–Crippen MR) is 61.2 cm³/mol. The molecule has 0 aliphatic rings. The maximum Gasteiger partial charge on any atom is 0.303 e. The molecule has 0 saturated heterocycles. The fourth-order valence-corrected chi connectivity index (χ4v) is 2.05. The van der Waals surface area contributed by atoms with Crippen LogP contribution in [0.4, 0.5) is 0 Å². The number of carbonyl (C=O) groups is 1. The van der Waals surface area contributed by atoms with Gasteiger partial charge >= 0.3 is 5.97 Å². The second-order valence-corrected chi connectivity index (χ2v) is 5.85. The molecule has 0 aromatic heterocycles. The lowest BCUT2D eigenvalue weighted by Gasteiger charge is -2.17. The molecule has 1 atom stereocenters. The number of aliphatic carboxylic acids is 1. The highest BCUT2D eigenvalue weighted by Gasteiger charge is 2.17. The molecule has 0 aromatic rings. The van der Waals surface area contributed by atoms with Gasteiger partial charge in [-0.25, -0.2) is 9.44 Å². The Balaban J connectivity index is 4.26. The van der Waals surface area contributed by atoms with Gasteiger partial charge in [-0.2, -0.15) is 8.42 Å². The minimum absolute atomic E-state index is 0.0234. The summed E-state index contributed by atoms with van der Waals surface area (Å²) in [5.41, 5.74) is 0. The lowest BCUT2D eigenvalue weighted by atomic mass is 9.94. The lowest BCUT2D eigenvalue weighted by molar-refractivity contribution is -0.138. The first-order valence-corrected chi connectivity index (χ1v) is 6.65. The molecule has 1 unspecified atom stereocenters. The molecule has 6 nitrogen and oxygen atoms in total. The van der Waals surface area contributed by atoms with Gasteiger partial charge in [0.05, 0.1) is 0 Å². The Labute approximate surface area is 96.6 Å². The molecule has 0 aliphatic heterocycles. The van der Waals surface area contributed by atoms with Gasteiger partial charge in [0.25, 0.3) is 10.2 Å². The molecule has 3 N–H and O–H groups in total. The van der Waals surface area contributed by atoms with E-state index >= 15 is 0 Å². The Kier molecular flexibility index (Phi) is 6.54. The van der Waals surface area contributed by atoms with Gasteiger partial charge in [0.2, 0.25) is 0 Å². The van der Waals surface area contributed by atoms with Gasteiger partial charge in [0.1, 0.15) is 0 Å². The molecule has 0 rings (SSSR count). The average molecular weight is 252 g/mol. The van der Waals surface area contributed by atoms with Gasteiger partial charge in [0.15, 0.2) is 0 Å². The topological polar surface area (TPSA) is 95.5 Å². The minimum Gasteiger partial charge on any atom is -0.481 e. The fourth-order valence-electron chi connectivity index (χ4n) is 1.45. The molecule has 0 heterocycles. The van der Waals surface area contributed by atoms with Crippen molar-refractivity contribution in [3.8, 4) is 0 Å². The molecule has 0 bridgehead atoms. The Morgan fingerprint density at radius 1 is 1.38 bits per heavy atom. The number of carboxylic acid groups (broad SMARTS) is 1. The lowest BCUT2D eigenvalue weighted by Crippen LogP contribution is -2.37. The minimum atomic E-state index is -3.48. The second kappa shape index (κ2) is 6.82. The average Bonchev–Trinajstić information content (AvgIpc) is 2.13. The number of nitrogens with one attached hydrogen (secondary N) is 2. The van der Waals surface area contributed by atoms with Crippen LogP contribution in [0.1, 0.15) is 26.7 Å². The highest BCUT2D eigenvalue weighted by molar-refractivity contribution is 7.87. The highest BCUT2D eigenvalue weighted by Crippen LogP contribution is 2.14. The van der Waals surface area contributed by atoms with E-state index < -0.39 is 16.2 Å². The molecule has 7 heteroatoms. The zero-order valence-corrected chi connectivity index (χ0v) is 10.7. The molecular formula is C9H20N2O4S. The van der Waals surface area contributed by atoms with Gasteiger partial charge in [0, 0.05) is 20.0 Å². The summed E-state index contributed by atoms with van der Waals surface area (Å²) in [6.45, 7) is 4.09. The van der Waals surface area contributed by atoms with E-state index in [1.165, 1.54) is 7.05 Å². The van der Waals surface area contributed by atoms with Crippen molar-refractivity contribution < 1.29 is 18.3 Å². The first-order valence-electron chi connectivity index (χ1n) is 5.16. The summed E-state index contributed by atoms with van der Waals surface area (Å²) in [5.74, 6) is -0.752. The van der Waals surface area contributed by atoms with Crippen molar-refractivity contribution in [1.29, 1.82) is 0 Å². The van der Waals surface area contributed by atoms with Crippen LogP contribution >= 0.6 is 0 Å². The summed E-state index contributed by atoms with van der Waals surface area (Å²) < 4.78 is 26.6. The van der Waals surface area contributed by atoms with Crippen LogP contribution < -0.4 is 9.44 Å². The normalized spacial score (nSPS) is 14.0. The Morgan fingerprint density at radius 2 is 1.94 bits per heavy atom. The molecule has 0 aliphatic carbocycles. The Hall–Kier alpha value is -0.660. The van der Waals surface area contributed by atoms with Crippen LogP contribution in [0.5, 0.6) is 0 Å². The van der Waals surface area contributed by atoms with Crippen LogP contribution in [-0.4, -0.2) is 33.1 Å². The van der Waals surface area contributed by atoms with Gasteiger partial charge < -0.3 is 5.11 Å². The molecule has 0 radical (unpaired) electrons. The van der Waals surface area contributed by atoms with E-state index in [1.54, 1.807) is 0 Å². The highest BCUT2D eigenvalue weighted by atomic mass is 32.2. The van der Waals surface area contributed by atoms with Crippen LogP contribution in [0.25, 0.3) is 0 Å². The van der Waals surface area contributed by atoms with E-state index in [1.807, 2.05) is 13.8 Å². The number of carboxylic acids is 1. The van der Waals surface area contributed by atoms with Crippen LogP contribution in [-0.2, 0) is 15.0 Å². The first kappa shape index (κ1) is 15.3. The summed E-state index contributed by atoms with van der Waals surface area (Å²) in [5, 5.41) is 8.69. The SMILES string of the molecule is CNS(=O)(=O)NCC(CC(=O)O)CC(C)C. The summed E-state index contributed by atoms with van der Waals surface area (Å²) in [7, 11) is -2.18. The predicted octanol–water partition coefficient (Wildman–Crippen LogP) is 0.177. The standard InChI is InChI=1S/C9H20N2O4S/c1-7(2)4-8(5-9(12)13)6-11-16(14,15)10-3/h7-8,10-11H,4-6H2,1-3H3,(H,12,13). The maximum absolute atomic E-state index is 11.1. The summed E-state index contributed by atoms with van der Waals surface area (Å²) in [4.78, 5) is 10.6. The van der Waals surface area contributed by atoms with Crippen LogP contribution in [0, 0.1) is 11.8 Å². The number of hydrogen-bond donors (Lipinski definition) is 3. The van der Waals surface area contributed by atoms with Crippen molar-refractivity contribution in [2.24, 2.45) is 11.8 Å². The third-order valence-corrected chi connectivity index (χ3v) is 3.18. The number of rotatable bonds is 8. The summed E-state index contributed by atoms with van der Waals surface area (Å²) in [6.07, 6.45) is 0.656. The van der Waals surface area contributed by atoms with Crippen molar-refractivity contribution >= 4 is 16.2 Å². The fraction of sp³-hybridized carbons (Fsp3) is 0.889. The van der Waals surface area contributed by atoms with Gasteiger partial charge in [-0.05, 0) is 18.3 Å². The zero-order valence-electron chi connectivity index (χ0n) is 9.86. The van der Waals surface area contributed by atoms with E-state index in [4.69, 9.17) is 5.11 Å². The van der Waals surface area contributed by atoms with Crippen LogP contribution in [0.3, 0.4) is 0 Å². The molecular weight excluding hydrogens is 232 g/mol. The monoisotopic (exact) mass is 252 g/mol. The number of hydrogen-bond acceptors (Lipinski definition) is 3. The Morgan fingerprint density at radius 3 is 2.31 bits per heavy atom. The van der Waals surface area contributed by atoms with Crippen molar-refractivity contribution in [3.63, 3.8) is 0 Å². The van der Waals surface area contributed by atoms with Crippen LogP contribution in [0.15, 0.2) is 0 Å². The molecule has 0 amide bonds. The first-order chi connectivity index (χ1) is 7.26. The Bertz CT molecular complexity index is 313. The van der Waals surface area contributed by atoms with Gasteiger partial charge in [-0.1, -0.05) is 13.8 Å². The largest absolute Gasteiger partial charge is 0.481 e. The van der Waals surface area contributed by atoms with Crippen molar-refractivity contribution in [2.75, 3.05) is 13.6 Å². The van der Waals surface area contributed by atoms with Crippen molar-refractivity contribution in [3.05, 3.63) is 0 Å². The quantitative estimate of drug-likeness (QED) is 0.574.